The number of halogens is 2. The molecule has 7 heteroatoms. The van der Waals surface area contributed by atoms with E-state index in [1.54, 1.807) is 12.1 Å². The Kier molecular flexibility index (Phi) is 8.29. The molecule has 2 amide bonds. The monoisotopic (exact) mass is 454 g/mol. The fourth-order valence-corrected chi connectivity index (χ4v) is 4.88. The quantitative estimate of drug-likeness (QED) is 0.609. The van der Waals surface area contributed by atoms with Crippen LogP contribution in [-0.2, 0) is 9.59 Å². The number of carbonyl (C=O) groups excluding carboxylic acids is 2. The normalized spacial score (nSPS) is 20.4. The lowest BCUT2D eigenvalue weighted by Crippen LogP contribution is -2.57. The van der Waals surface area contributed by atoms with Crippen molar-refractivity contribution in [3.63, 3.8) is 0 Å². The second-order valence-electron chi connectivity index (χ2n) is 8.67. The molecule has 2 aliphatic rings. The molecule has 30 heavy (non-hydrogen) atoms. The molecule has 1 saturated heterocycles. The van der Waals surface area contributed by atoms with Gasteiger partial charge < -0.3 is 15.0 Å². The van der Waals surface area contributed by atoms with Crippen molar-refractivity contribution >= 4 is 35.0 Å². The van der Waals surface area contributed by atoms with Gasteiger partial charge in [-0.25, -0.2) is 0 Å². The molecular formula is C23H32Cl2N2O3. The van der Waals surface area contributed by atoms with Crippen molar-refractivity contribution in [1.82, 2.24) is 10.2 Å². The van der Waals surface area contributed by atoms with Gasteiger partial charge in [-0.1, -0.05) is 30.9 Å². The van der Waals surface area contributed by atoms with E-state index in [4.69, 9.17) is 27.9 Å². The third kappa shape index (κ3) is 5.82. The molecule has 1 aromatic carbocycles. The van der Waals surface area contributed by atoms with E-state index in [0.717, 1.165) is 38.5 Å². The van der Waals surface area contributed by atoms with E-state index < -0.39 is 5.60 Å². The summed E-state index contributed by atoms with van der Waals surface area (Å²) in [6.07, 6.45) is 7.26. The maximum absolute atomic E-state index is 13.7. The number of ether oxygens (including phenoxy) is 1. The zero-order chi connectivity index (χ0) is 21.6. The summed E-state index contributed by atoms with van der Waals surface area (Å²) in [6, 6.07) is 7.26. The summed E-state index contributed by atoms with van der Waals surface area (Å²) >= 11 is 11.6. The van der Waals surface area contributed by atoms with Gasteiger partial charge in [0.25, 0.3) is 5.91 Å². The molecule has 2 fully saturated rings. The Hall–Kier alpha value is -1.46. The number of hydrogen-bond donors (Lipinski definition) is 1. The molecule has 166 valence electrons. The van der Waals surface area contributed by atoms with Crippen LogP contribution in [0.1, 0.15) is 51.9 Å². The van der Waals surface area contributed by atoms with Crippen molar-refractivity contribution < 1.29 is 14.3 Å². The minimum atomic E-state index is -0.881. The van der Waals surface area contributed by atoms with Gasteiger partial charge in [-0.3, -0.25) is 9.59 Å². The summed E-state index contributed by atoms with van der Waals surface area (Å²) in [4.78, 5) is 27.0. The second kappa shape index (κ2) is 10.7. The Morgan fingerprint density at radius 2 is 1.73 bits per heavy atom. The maximum Gasteiger partial charge on any atom is 0.266 e. The smallest absolute Gasteiger partial charge is 0.266 e. The Morgan fingerprint density at radius 3 is 2.33 bits per heavy atom. The van der Waals surface area contributed by atoms with Crippen molar-refractivity contribution in [3.05, 3.63) is 29.3 Å². The van der Waals surface area contributed by atoms with E-state index in [2.05, 4.69) is 5.32 Å². The van der Waals surface area contributed by atoms with Crippen LogP contribution in [0.25, 0.3) is 0 Å². The summed E-state index contributed by atoms with van der Waals surface area (Å²) in [7, 11) is 0. The van der Waals surface area contributed by atoms with Gasteiger partial charge in [-0.2, -0.15) is 0 Å². The van der Waals surface area contributed by atoms with Crippen LogP contribution in [0, 0.1) is 11.8 Å². The molecule has 0 radical (unpaired) electrons. The molecule has 1 aromatic rings. The number of amides is 2. The molecule has 0 spiro atoms. The number of carbonyl (C=O) groups is 2. The van der Waals surface area contributed by atoms with Gasteiger partial charge in [0, 0.05) is 30.6 Å². The Labute approximate surface area is 189 Å². The van der Waals surface area contributed by atoms with E-state index >= 15 is 0 Å². The fourth-order valence-electron chi connectivity index (χ4n) is 4.66. The summed E-state index contributed by atoms with van der Waals surface area (Å²) in [6.45, 7) is 3.96. The van der Waals surface area contributed by atoms with Crippen molar-refractivity contribution in [2.24, 2.45) is 11.8 Å². The topological polar surface area (TPSA) is 58.6 Å². The summed E-state index contributed by atoms with van der Waals surface area (Å²) in [5.74, 6) is 1.18. The molecule has 5 nitrogen and oxygen atoms in total. The average Bonchev–Trinajstić information content (AvgIpc) is 2.79. The van der Waals surface area contributed by atoms with Gasteiger partial charge in [0.1, 0.15) is 11.6 Å². The van der Waals surface area contributed by atoms with Crippen molar-refractivity contribution in [2.75, 3.05) is 25.5 Å². The number of alkyl halides is 1. The number of nitrogens with one attached hydrogen (secondary N) is 1. The molecule has 1 N–H and O–H groups in total. The first kappa shape index (κ1) is 23.2. The van der Waals surface area contributed by atoms with Gasteiger partial charge >= 0.3 is 0 Å². The van der Waals surface area contributed by atoms with Gasteiger partial charge in [-0.15, -0.1) is 11.6 Å². The lowest BCUT2D eigenvalue weighted by atomic mass is 9.76. The zero-order valence-corrected chi connectivity index (χ0v) is 19.2. The maximum atomic E-state index is 13.7. The van der Waals surface area contributed by atoms with Crippen molar-refractivity contribution in [3.8, 4) is 5.75 Å². The van der Waals surface area contributed by atoms with Crippen LogP contribution in [0.15, 0.2) is 24.3 Å². The van der Waals surface area contributed by atoms with Crippen LogP contribution in [0.5, 0.6) is 5.75 Å². The Morgan fingerprint density at radius 1 is 1.10 bits per heavy atom. The van der Waals surface area contributed by atoms with Crippen molar-refractivity contribution in [1.29, 1.82) is 0 Å². The van der Waals surface area contributed by atoms with Gasteiger partial charge in [0.05, 0.1) is 0 Å². The van der Waals surface area contributed by atoms with Crippen LogP contribution in [0.4, 0.5) is 0 Å². The molecule has 0 bridgehead atoms. The fraction of sp³-hybridized carbons (Fsp3) is 0.652. The lowest BCUT2D eigenvalue weighted by Gasteiger charge is -2.43. The second-order valence-corrected chi connectivity index (χ2v) is 9.37. The van der Waals surface area contributed by atoms with Crippen LogP contribution >= 0.6 is 23.2 Å². The molecule has 1 unspecified atom stereocenters. The van der Waals surface area contributed by atoms with Crippen LogP contribution in [-0.4, -0.2) is 47.8 Å². The highest BCUT2D eigenvalue weighted by atomic mass is 35.5. The van der Waals surface area contributed by atoms with Crippen LogP contribution in [0.3, 0.4) is 0 Å². The molecule has 1 heterocycles. The summed E-state index contributed by atoms with van der Waals surface area (Å²) in [5, 5.41) is 3.50. The molecule has 0 aromatic heterocycles. The molecular weight excluding hydrogens is 423 g/mol. The summed E-state index contributed by atoms with van der Waals surface area (Å²) < 4.78 is 6.41. The number of rotatable bonds is 7. The first-order chi connectivity index (χ1) is 14.4. The highest BCUT2D eigenvalue weighted by molar-refractivity contribution is 6.30. The third-order valence-electron chi connectivity index (χ3n) is 6.56. The van der Waals surface area contributed by atoms with E-state index in [1.807, 2.05) is 24.0 Å². The minimum absolute atomic E-state index is 0.0148. The molecule has 1 aliphatic carbocycles. The van der Waals surface area contributed by atoms with Crippen LogP contribution < -0.4 is 10.1 Å². The van der Waals surface area contributed by atoms with Crippen LogP contribution in [0.2, 0.25) is 5.02 Å². The number of piperidine rings is 1. The molecule has 1 aliphatic heterocycles. The zero-order valence-electron chi connectivity index (χ0n) is 17.7. The van der Waals surface area contributed by atoms with E-state index in [-0.39, 0.29) is 23.6 Å². The minimum Gasteiger partial charge on any atom is -0.477 e. The lowest BCUT2D eigenvalue weighted by molar-refractivity contribution is -0.154. The van der Waals surface area contributed by atoms with Crippen molar-refractivity contribution in [2.45, 2.75) is 57.5 Å². The molecule has 1 saturated carbocycles. The number of benzene rings is 1. The molecule has 3 rings (SSSR count). The Balaban J connectivity index is 1.67. The van der Waals surface area contributed by atoms with Gasteiger partial charge in [0.15, 0.2) is 5.60 Å². The van der Waals surface area contributed by atoms with E-state index in [9.17, 15) is 9.59 Å². The summed E-state index contributed by atoms with van der Waals surface area (Å²) in [5.41, 5.74) is -0.881. The first-order valence-corrected chi connectivity index (χ1v) is 11.9. The highest BCUT2D eigenvalue weighted by Gasteiger charge is 2.46. The van der Waals surface area contributed by atoms with Gasteiger partial charge in [0.2, 0.25) is 5.91 Å². The van der Waals surface area contributed by atoms with Gasteiger partial charge in [-0.05, 0) is 62.8 Å². The number of hydrogen-bond acceptors (Lipinski definition) is 3. The standard InChI is InChI=1S/C23H32Cl2N2O3/c1-23(18-5-3-2-4-6-18,30-20-9-7-19(25)8-10-20)22(29)27-13-11-17(12-14-27)16-26-21(28)15-24/h7-10,17-18H,2-6,11-16H2,1H3,(H,26,28). The molecule has 1 atom stereocenters. The average molecular weight is 455 g/mol. The first-order valence-electron chi connectivity index (χ1n) is 11.0. The largest absolute Gasteiger partial charge is 0.477 e. The number of likely N-dealkylation sites (tertiary alicyclic amines) is 1. The van der Waals surface area contributed by atoms with E-state index in [0.29, 0.717) is 36.3 Å². The predicted octanol–water partition coefficient (Wildman–Crippen LogP) is 4.65. The third-order valence-corrected chi connectivity index (χ3v) is 7.06. The van der Waals surface area contributed by atoms with E-state index in [1.165, 1.54) is 6.42 Å². The SMILES string of the molecule is CC(Oc1ccc(Cl)cc1)(C(=O)N1CCC(CNC(=O)CCl)CC1)C1CCCCC1. The Bertz CT molecular complexity index is 714. The predicted molar refractivity (Wildman–Crippen MR) is 120 cm³/mol. The number of nitrogens with zero attached hydrogens (tertiary/aromatic N) is 1. The highest BCUT2D eigenvalue weighted by Crippen LogP contribution is 2.38.